The number of aliphatic carboxylic acids is 1. The number of carboxylic acids is 1. The molecule has 5 heteroatoms. The summed E-state index contributed by atoms with van der Waals surface area (Å²) in [6, 6.07) is 16.4. The maximum atomic E-state index is 12.1. The van der Waals surface area contributed by atoms with Crippen LogP contribution < -0.4 is 10.3 Å². The molecule has 1 aromatic heterocycles. The second-order valence-corrected chi connectivity index (χ2v) is 5.62. The van der Waals surface area contributed by atoms with Crippen LogP contribution in [-0.4, -0.2) is 15.6 Å². The van der Waals surface area contributed by atoms with Gasteiger partial charge in [0, 0.05) is 11.5 Å². The lowest BCUT2D eigenvalue weighted by atomic mass is 10.1. The van der Waals surface area contributed by atoms with Gasteiger partial charge in [-0.15, -0.1) is 0 Å². The molecule has 5 nitrogen and oxygen atoms in total. The summed E-state index contributed by atoms with van der Waals surface area (Å²) in [7, 11) is 0. The smallest absolute Gasteiger partial charge is 0.323 e. The fourth-order valence-electron chi connectivity index (χ4n) is 2.58. The lowest BCUT2D eigenvalue weighted by molar-refractivity contribution is -0.137. The number of hydrogen-bond donors (Lipinski definition) is 1. The van der Waals surface area contributed by atoms with E-state index < -0.39 is 12.5 Å². The molecular formula is C19H17NO4. The number of aromatic nitrogens is 1. The number of aryl methyl sites for hydroxylation is 1. The van der Waals surface area contributed by atoms with Crippen LogP contribution in [-0.2, 0) is 17.9 Å². The fraction of sp³-hybridized carbons (Fsp3) is 0.158. The number of benzene rings is 2. The van der Waals surface area contributed by atoms with Crippen LogP contribution in [0.1, 0.15) is 11.1 Å². The highest BCUT2D eigenvalue weighted by Crippen LogP contribution is 2.25. The van der Waals surface area contributed by atoms with Gasteiger partial charge in [0.25, 0.3) is 5.56 Å². The summed E-state index contributed by atoms with van der Waals surface area (Å²) < 4.78 is 7.09. The molecule has 0 unspecified atom stereocenters. The van der Waals surface area contributed by atoms with Crippen LogP contribution in [0, 0.1) is 6.92 Å². The Morgan fingerprint density at radius 2 is 1.83 bits per heavy atom. The zero-order valence-corrected chi connectivity index (χ0v) is 13.2. The monoisotopic (exact) mass is 323 g/mol. The summed E-state index contributed by atoms with van der Waals surface area (Å²) in [4.78, 5) is 23.2. The summed E-state index contributed by atoms with van der Waals surface area (Å²) >= 11 is 0. The van der Waals surface area contributed by atoms with E-state index in [1.165, 1.54) is 16.2 Å². The van der Waals surface area contributed by atoms with Gasteiger partial charge in [-0.3, -0.25) is 14.2 Å². The molecule has 0 atom stereocenters. The first-order valence-electron chi connectivity index (χ1n) is 7.57. The number of carbonyl (C=O) groups is 1. The summed E-state index contributed by atoms with van der Waals surface area (Å²) in [5, 5.41) is 9.84. The first-order valence-corrected chi connectivity index (χ1v) is 7.57. The number of para-hydroxylation sites is 1. The standard InChI is InChI=1S/C19H17NO4/c1-13-5-7-14(8-6-13)12-24-16-4-2-3-15-9-10-17(21)20(19(15)16)11-18(22)23/h2-10H,11-12H2,1H3,(H,22,23). The third-order valence-corrected chi connectivity index (χ3v) is 3.78. The second kappa shape index (κ2) is 6.58. The first-order chi connectivity index (χ1) is 11.5. The molecule has 0 aliphatic carbocycles. The Bertz CT molecular complexity index is 942. The van der Waals surface area contributed by atoms with Gasteiger partial charge in [-0.05, 0) is 24.6 Å². The Hall–Kier alpha value is -3.08. The topological polar surface area (TPSA) is 68.5 Å². The van der Waals surface area contributed by atoms with E-state index in [0.717, 1.165) is 10.9 Å². The molecule has 0 bridgehead atoms. The summed E-state index contributed by atoms with van der Waals surface area (Å²) in [6.45, 7) is 1.95. The highest BCUT2D eigenvalue weighted by atomic mass is 16.5. The molecule has 0 saturated carbocycles. The van der Waals surface area contributed by atoms with Gasteiger partial charge in [-0.2, -0.15) is 0 Å². The Balaban J connectivity index is 2.00. The van der Waals surface area contributed by atoms with Crippen molar-refractivity contribution in [3.8, 4) is 5.75 Å². The number of hydrogen-bond acceptors (Lipinski definition) is 3. The number of fused-ring (bicyclic) bond motifs is 1. The summed E-state index contributed by atoms with van der Waals surface area (Å²) in [5.41, 5.74) is 2.30. The van der Waals surface area contributed by atoms with Crippen LogP contribution in [0.5, 0.6) is 5.75 Å². The minimum absolute atomic E-state index is 0.343. The van der Waals surface area contributed by atoms with Crippen molar-refractivity contribution in [3.05, 3.63) is 76.1 Å². The van der Waals surface area contributed by atoms with Gasteiger partial charge in [0.15, 0.2) is 0 Å². The first kappa shape index (κ1) is 15.8. The third kappa shape index (κ3) is 3.30. The lowest BCUT2D eigenvalue weighted by Crippen LogP contribution is -2.23. The van der Waals surface area contributed by atoms with E-state index in [0.29, 0.717) is 17.9 Å². The third-order valence-electron chi connectivity index (χ3n) is 3.78. The average molecular weight is 323 g/mol. The van der Waals surface area contributed by atoms with Gasteiger partial charge < -0.3 is 9.84 Å². The van der Waals surface area contributed by atoms with Gasteiger partial charge in [0.05, 0.1) is 5.52 Å². The zero-order chi connectivity index (χ0) is 17.1. The Kier molecular flexibility index (Phi) is 4.33. The average Bonchev–Trinajstić information content (AvgIpc) is 2.56. The van der Waals surface area contributed by atoms with Gasteiger partial charge in [0.2, 0.25) is 0 Å². The number of ether oxygens (including phenoxy) is 1. The quantitative estimate of drug-likeness (QED) is 0.784. The molecule has 1 N–H and O–H groups in total. The van der Waals surface area contributed by atoms with E-state index in [9.17, 15) is 9.59 Å². The maximum Gasteiger partial charge on any atom is 0.323 e. The number of carboxylic acid groups (broad SMARTS) is 1. The predicted molar refractivity (Wildman–Crippen MR) is 91.4 cm³/mol. The molecule has 122 valence electrons. The van der Waals surface area contributed by atoms with Crippen LogP contribution in [0.4, 0.5) is 0 Å². The molecule has 3 rings (SSSR count). The van der Waals surface area contributed by atoms with Crippen molar-refractivity contribution in [2.45, 2.75) is 20.1 Å². The SMILES string of the molecule is Cc1ccc(COc2cccc3ccc(=O)n(CC(=O)O)c23)cc1. The van der Waals surface area contributed by atoms with E-state index in [1.54, 1.807) is 12.1 Å². The van der Waals surface area contributed by atoms with E-state index in [-0.39, 0.29) is 5.56 Å². The molecule has 0 saturated heterocycles. The Morgan fingerprint density at radius 1 is 1.08 bits per heavy atom. The molecule has 0 amide bonds. The largest absolute Gasteiger partial charge is 0.487 e. The van der Waals surface area contributed by atoms with Crippen LogP contribution in [0.15, 0.2) is 59.4 Å². The van der Waals surface area contributed by atoms with Crippen LogP contribution in [0.2, 0.25) is 0 Å². The van der Waals surface area contributed by atoms with E-state index in [1.807, 2.05) is 43.3 Å². The number of nitrogens with zero attached hydrogens (tertiary/aromatic N) is 1. The number of rotatable bonds is 5. The van der Waals surface area contributed by atoms with Gasteiger partial charge >= 0.3 is 5.97 Å². The molecule has 1 heterocycles. The molecule has 2 aromatic carbocycles. The maximum absolute atomic E-state index is 12.1. The van der Waals surface area contributed by atoms with Crippen molar-refractivity contribution in [2.24, 2.45) is 0 Å². The Morgan fingerprint density at radius 3 is 2.54 bits per heavy atom. The molecule has 0 radical (unpaired) electrons. The van der Waals surface area contributed by atoms with Crippen molar-refractivity contribution >= 4 is 16.9 Å². The fourth-order valence-corrected chi connectivity index (χ4v) is 2.58. The van der Waals surface area contributed by atoms with E-state index >= 15 is 0 Å². The van der Waals surface area contributed by atoms with Crippen LogP contribution in [0.3, 0.4) is 0 Å². The van der Waals surface area contributed by atoms with Crippen LogP contribution >= 0.6 is 0 Å². The minimum atomic E-state index is -1.07. The molecule has 24 heavy (non-hydrogen) atoms. The molecule has 0 spiro atoms. The van der Waals surface area contributed by atoms with Gasteiger partial charge in [0.1, 0.15) is 18.9 Å². The predicted octanol–water partition coefficient (Wildman–Crippen LogP) is 2.97. The van der Waals surface area contributed by atoms with Crippen molar-refractivity contribution in [1.29, 1.82) is 0 Å². The second-order valence-electron chi connectivity index (χ2n) is 5.62. The van der Waals surface area contributed by atoms with Crippen molar-refractivity contribution < 1.29 is 14.6 Å². The highest BCUT2D eigenvalue weighted by Gasteiger charge is 2.11. The summed E-state index contributed by atoms with van der Waals surface area (Å²) in [6.07, 6.45) is 0. The van der Waals surface area contributed by atoms with E-state index in [4.69, 9.17) is 9.84 Å². The highest BCUT2D eigenvalue weighted by molar-refractivity contribution is 5.86. The molecule has 0 aliphatic heterocycles. The zero-order valence-electron chi connectivity index (χ0n) is 13.2. The number of pyridine rings is 1. The van der Waals surface area contributed by atoms with Crippen molar-refractivity contribution in [3.63, 3.8) is 0 Å². The normalized spacial score (nSPS) is 10.7. The lowest BCUT2D eigenvalue weighted by Gasteiger charge is -2.13. The Labute approximate surface area is 138 Å². The van der Waals surface area contributed by atoms with Crippen molar-refractivity contribution in [2.75, 3.05) is 0 Å². The van der Waals surface area contributed by atoms with Crippen molar-refractivity contribution in [1.82, 2.24) is 4.57 Å². The minimum Gasteiger partial charge on any atom is -0.487 e. The van der Waals surface area contributed by atoms with E-state index in [2.05, 4.69) is 0 Å². The summed E-state index contributed by atoms with van der Waals surface area (Å²) in [5.74, 6) is -0.579. The molecule has 3 aromatic rings. The molecule has 0 fully saturated rings. The van der Waals surface area contributed by atoms with Gasteiger partial charge in [-0.1, -0.05) is 42.0 Å². The molecule has 0 aliphatic rings. The van der Waals surface area contributed by atoms with Crippen LogP contribution in [0.25, 0.3) is 10.9 Å². The van der Waals surface area contributed by atoms with Gasteiger partial charge in [-0.25, -0.2) is 0 Å². The molecular weight excluding hydrogens is 306 g/mol.